The van der Waals surface area contributed by atoms with Crippen molar-refractivity contribution < 1.29 is 19.4 Å². The molecular weight excluding hydrogens is 282 g/mol. The predicted octanol–water partition coefficient (Wildman–Crippen LogP) is 3.21. The van der Waals surface area contributed by atoms with Crippen molar-refractivity contribution >= 4 is 23.6 Å². The Bertz CT molecular complexity index is 720. The number of carbonyl (C=O) groups excluding carboxylic acids is 2. The molecule has 22 heavy (non-hydrogen) atoms. The predicted molar refractivity (Wildman–Crippen MR) is 83.9 cm³/mol. The van der Waals surface area contributed by atoms with Gasteiger partial charge in [0.25, 0.3) is 0 Å². The highest BCUT2D eigenvalue weighted by atomic mass is 16.5. The number of benzene rings is 2. The van der Waals surface area contributed by atoms with Crippen molar-refractivity contribution in [3.05, 3.63) is 60.2 Å². The molecule has 2 aromatic rings. The molecule has 0 saturated carbocycles. The van der Waals surface area contributed by atoms with Crippen LogP contribution in [0.15, 0.2) is 49.0 Å². The number of aromatic hydroxyl groups is 1. The molecule has 0 aliphatic rings. The molecule has 0 unspecified atom stereocenters. The van der Waals surface area contributed by atoms with Gasteiger partial charge in [-0.05, 0) is 35.9 Å². The third-order valence-corrected chi connectivity index (χ3v) is 2.87. The van der Waals surface area contributed by atoms with E-state index in [0.29, 0.717) is 5.75 Å². The van der Waals surface area contributed by atoms with E-state index >= 15 is 0 Å². The summed E-state index contributed by atoms with van der Waals surface area (Å²) in [6.07, 6.45) is 1.69. The minimum atomic E-state index is -0.585. The second kappa shape index (κ2) is 6.58. The summed E-state index contributed by atoms with van der Waals surface area (Å²) in [6.45, 7) is 4.96. The van der Waals surface area contributed by atoms with E-state index < -0.39 is 5.97 Å². The number of carbonyl (C=O) groups is 2. The first kappa shape index (κ1) is 15.3. The average molecular weight is 297 g/mol. The standard InChI is InChI=1S/C17H15NO4/c1-3-12-4-7-14(8-5-12)22-17(21)13-6-9-16(20)15(10-13)18-11(2)19/h3-10,20H,1H2,2H3,(H,18,19). The smallest absolute Gasteiger partial charge is 0.343 e. The van der Waals surface area contributed by atoms with Gasteiger partial charge >= 0.3 is 5.97 Å². The first-order valence-corrected chi connectivity index (χ1v) is 6.55. The molecule has 0 radical (unpaired) electrons. The van der Waals surface area contributed by atoms with E-state index in [1.54, 1.807) is 30.3 Å². The van der Waals surface area contributed by atoms with Crippen LogP contribution in [-0.4, -0.2) is 17.0 Å². The average Bonchev–Trinajstić information content (AvgIpc) is 2.49. The molecule has 5 nitrogen and oxygen atoms in total. The Labute approximate surface area is 127 Å². The topological polar surface area (TPSA) is 75.6 Å². The SMILES string of the molecule is C=Cc1ccc(OC(=O)c2ccc(O)c(NC(C)=O)c2)cc1. The van der Waals surface area contributed by atoms with Gasteiger partial charge in [0.15, 0.2) is 0 Å². The summed E-state index contributed by atoms with van der Waals surface area (Å²) in [5.41, 5.74) is 1.29. The minimum Gasteiger partial charge on any atom is -0.506 e. The normalized spacial score (nSPS) is 9.86. The van der Waals surface area contributed by atoms with Crippen LogP contribution in [-0.2, 0) is 4.79 Å². The zero-order valence-corrected chi connectivity index (χ0v) is 12.0. The third-order valence-electron chi connectivity index (χ3n) is 2.87. The van der Waals surface area contributed by atoms with Crippen LogP contribution in [0, 0.1) is 0 Å². The summed E-state index contributed by atoms with van der Waals surface area (Å²) < 4.78 is 5.23. The highest BCUT2D eigenvalue weighted by Crippen LogP contribution is 2.25. The van der Waals surface area contributed by atoms with Gasteiger partial charge in [-0.3, -0.25) is 4.79 Å². The molecule has 0 aliphatic carbocycles. The van der Waals surface area contributed by atoms with Gasteiger partial charge in [-0.25, -0.2) is 4.79 Å². The lowest BCUT2D eigenvalue weighted by atomic mass is 10.2. The number of rotatable bonds is 4. The lowest BCUT2D eigenvalue weighted by Gasteiger charge is -2.08. The monoisotopic (exact) mass is 297 g/mol. The third kappa shape index (κ3) is 3.73. The van der Waals surface area contributed by atoms with Crippen molar-refractivity contribution in [2.75, 3.05) is 5.32 Å². The Kier molecular flexibility index (Phi) is 4.58. The van der Waals surface area contributed by atoms with E-state index in [4.69, 9.17) is 4.74 Å². The molecule has 0 spiro atoms. The number of phenolic OH excluding ortho intramolecular Hbond substituents is 1. The molecular formula is C17H15NO4. The summed E-state index contributed by atoms with van der Waals surface area (Å²) in [5, 5.41) is 12.1. The minimum absolute atomic E-state index is 0.123. The number of hydrogen-bond donors (Lipinski definition) is 2. The maximum atomic E-state index is 12.1. The number of esters is 1. The van der Waals surface area contributed by atoms with Crippen LogP contribution in [0.2, 0.25) is 0 Å². The summed E-state index contributed by atoms with van der Waals surface area (Å²) in [7, 11) is 0. The number of nitrogens with one attached hydrogen (secondary N) is 1. The number of ether oxygens (including phenoxy) is 1. The fourth-order valence-electron chi connectivity index (χ4n) is 1.79. The van der Waals surface area contributed by atoms with Crippen LogP contribution in [0.5, 0.6) is 11.5 Å². The van der Waals surface area contributed by atoms with Crippen LogP contribution in [0.3, 0.4) is 0 Å². The first-order valence-electron chi connectivity index (χ1n) is 6.55. The molecule has 0 fully saturated rings. The second-order valence-corrected chi connectivity index (χ2v) is 4.58. The van der Waals surface area contributed by atoms with E-state index in [-0.39, 0.29) is 22.9 Å². The molecule has 0 bridgehead atoms. The van der Waals surface area contributed by atoms with Crippen molar-refractivity contribution in [1.82, 2.24) is 0 Å². The van der Waals surface area contributed by atoms with E-state index in [1.807, 2.05) is 0 Å². The van der Waals surface area contributed by atoms with Crippen LogP contribution >= 0.6 is 0 Å². The summed E-state index contributed by atoms with van der Waals surface area (Å²) in [5.74, 6) is -0.661. The van der Waals surface area contributed by atoms with Crippen LogP contribution < -0.4 is 10.1 Å². The Hall–Kier alpha value is -3.08. The lowest BCUT2D eigenvalue weighted by molar-refractivity contribution is -0.114. The Morgan fingerprint density at radius 1 is 1.18 bits per heavy atom. The van der Waals surface area contributed by atoms with Gasteiger partial charge in [-0.1, -0.05) is 24.8 Å². The lowest BCUT2D eigenvalue weighted by Crippen LogP contribution is -2.11. The van der Waals surface area contributed by atoms with Crippen molar-refractivity contribution in [2.45, 2.75) is 6.92 Å². The first-order chi connectivity index (χ1) is 10.5. The number of phenols is 1. The highest BCUT2D eigenvalue weighted by molar-refractivity contribution is 5.96. The van der Waals surface area contributed by atoms with Crippen molar-refractivity contribution in [3.8, 4) is 11.5 Å². The van der Waals surface area contributed by atoms with Gasteiger partial charge in [-0.15, -0.1) is 0 Å². The van der Waals surface area contributed by atoms with E-state index in [0.717, 1.165) is 5.56 Å². The van der Waals surface area contributed by atoms with Gasteiger partial charge in [0.1, 0.15) is 11.5 Å². The number of anilines is 1. The fourth-order valence-corrected chi connectivity index (χ4v) is 1.79. The molecule has 0 heterocycles. The number of hydrogen-bond acceptors (Lipinski definition) is 4. The molecule has 1 amide bonds. The van der Waals surface area contributed by atoms with Gasteiger partial charge in [0, 0.05) is 6.92 Å². The molecule has 2 N–H and O–H groups in total. The molecule has 2 aromatic carbocycles. The molecule has 0 saturated heterocycles. The fraction of sp³-hybridized carbons (Fsp3) is 0.0588. The highest BCUT2D eigenvalue weighted by Gasteiger charge is 2.12. The summed E-state index contributed by atoms with van der Waals surface area (Å²) >= 11 is 0. The van der Waals surface area contributed by atoms with Crippen LogP contribution in [0.25, 0.3) is 6.08 Å². The van der Waals surface area contributed by atoms with Gasteiger partial charge in [0.05, 0.1) is 11.3 Å². The molecule has 0 aromatic heterocycles. The van der Waals surface area contributed by atoms with Gasteiger partial charge in [0.2, 0.25) is 5.91 Å². The number of amides is 1. The van der Waals surface area contributed by atoms with E-state index in [1.165, 1.54) is 25.1 Å². The van der Waals surface area contributed by atoms with Crippen molar-refractivity contribution in [1.29, 1.82) is 0 Å². The van der Waals surface area contributed by atoms with E-state index in [9.17, 15) is 14.7 Å². The molecule has 5 heteroatoms. The Morgan fingerprint density at radius 3 is 2.45 bits per heavy atom. The second-order valence-electron chi connectivity index (χ2n) is 4.58. The van der Waals surface area contributed by atoms with Crippen LogP contribution in [0.1, 0.15) is 22.8 Å². The zero-order valence-electron chi connectivity index (χ0n) is 12.0. The largest absolute Gasteiger partial charge is 0.506 e. The summed E-state index contributed by atoms with van der Waals surface area (Å²) in [4.78, 5) is 23.1. The van der Waals surface area contributed by atoms with Crippen molar-refractivity contribution in [2.24, 2.45) is 0 Å². The Morgan fingerprint density at radius 2 is 1.86 bits per heavy atom. The van der Waals surface area contributed by atoms with Gasteiger partial charge < -0.3 is 15.2 Å². The quantitative estimate of drug-likeness (QED) is 0.516. The Balaban J connectivity index is 2.17. The summed E-state index contributed by atoms with van der Waals surface area (Å²) in [6, 6.07) is 11.0. The maximum Gasteiger partial charge on any atom is 0.343 e. The van der Waals surface area contributed by atoms with Crippen molar-refractivity contribution in [3.63, 3.8) is 0 Å². The van der Waals surface area contributed by atoms with Gasteiger partial charge in [-0.2, -0.15) is 0 Å². The zero-order chi connectivity index (χ0) is 16.1. The molecule has 112 valence electrons. The molecule has 2 rings (SSSR count). The van der Waals surface area contributed by atoms with Crippen LogP contribution in [0.4, 0.5) is 5.69 Å². The van der Waals surface area contributed by atoms with E-state index in [2.05, 4.69) is 11.9 Å². The molecule has 0 atom stereocenters. The maximum absolute atomic E-state index is 12.1. The molecule has 0 aliphatic heterocycles.